The summed E-state index contributed by atoms with van der Waals surface area (Å²) in [7, 11) is 0. The summed E-state index contributed by atoms with van der Waals surface area (Å²) < 4.78 is 1.06. The summed E-state index contributed by atoms with van der Waals surface area (Å²) >= 11 is 2.16. The van der Waals surface area contributed by atoms with Crippen molar-refractivity contribution >= 4 is 40.4 Å². The van der Waals surface area contributed by atoms with Gasteiger partial charge >= 0.3 is 5.97 Å². The minimum atomic E-state index is -1.09. The average molecular weight is 402 g/mol. The second kappa shape index (κ2) is 6.88. The van der Waals surface area contributed by atoms with Crippen molar-refractivity contribution < 1.29 is 19.5 Å². The lowest BCUT2D eigenvalue weighted by atomic mass is 10.1. The van der Waals surface area contributed by atoms with Crippen molar-refractivity contribution in [1.29, 1.82) is 0 Å². The number of rotatable bonds is 5. The minimum absolute atomic E-state index is 0.181. The molecule has 2 amide bonds. The van der Waals surface area contributed by atoms with Crippen LogP contribution in [0, 0.1) is 3.57 Å². The van der Waals surface area contributed by atoms with E-state index in [2.05, 4.69) is 33.2 Å². The number of aliphatic carboxylic acids is 1. The van der Waals surface area contributed by atoms with E-state index in [4.69, 9.17) is 0 Å². The molecule has 0 bridgehead atoms. The third kappa shape index (κ3) is 4.42. The molecule has 1 aliphatic rings. The molecule has 0 aliphatic carbocycles. The van der Waals surface area contributed by atoms with Gasteiger partial charge in [-0.05, 0) is 46.7 Å². The molecular weight excluding hydrogens is 387 g/mol. The maximum Gasteiger partial charge on any atom is 0.326 e. The number of hydrogen-bond donors (Lipinski definition) is 3. The zero-order valence-corrected chi connectivity index (χ0v) is 13.3. The molecule has 1 aromatic carbocycles. The minimum Gasteiger partial charge on any atom is -0.480 e. The first-order valence-electron chi connectivity index (χ1n) is 6.52. The number of benzene rings is 1. The van der Waals surface area contributed by atoms with Crippen LogP contribution in [0.4, 0.5) is 0 Å². The Balaban J connectivity index is 1.99. The number of carboxylic acids is 1. The van der Waals surface area contributed by atoms with E-state index >= 15 is 0 Å². The van der Waals surface area contributed by atoms with Gasteiger partial charge in [-0.15, -0.1) is 0 Å². The van der Waals surface area contributed by atoms with Crippen LogP contribution in [-0.2, 0) is 20.8 Å². The Morgan fingerprint density at radius 2 is 2.05 bits per heavy atom. The molecule has 0 aromatic heterocycles. The van der Waals surface area contributed by atoms with Gasteiger partial charge in [0.25, 0.3) is 0 Å². The van der Waals surface area contributed by atoms with Gasteiger partial charge in [-0.2, -0.15) is 0 Å². The van der Waals surface area contributed by atoms with Crippen LogP contribution in [0.2, 0.25) is 0 Å². The standard InChI is InChI=1S/C14H15IN2O4/c15-9-3-1-8(2-4-9)7-11(14(20)21)17-13(19)10-5-6-12(18)16-10/h1-4,10-11H,5-7H2,(H,16,18)(H,17,19)(H,20,21)/t10-,11+/m1/s1. The maximum atomic E-state index is 12.0. The average Bonchev–Trinajstić information content (AvgIpc) is 2.87. The molecule has 1 heterocycles. The summed E-state index contributed by atoms with van der Waals surface area (Å²) in [6.07, 6.45) is 0.909. The highest BCUT2D eigenvalue weighted by Crippen LogP contribution is 2.10. The van der Waals surface area contributed by atoms with Crippen LogP contribution in [0.1, 0.15) is 18.4 Å². The molecule has 6 nitrogen and oxygen atoms in total. The van der Waals surface area contributed by atoms with Gasteiger partial charge in [-0.1, -0.05) is 12.1 Å². The van der Waals surface area contributed by atoms with Gasteiger partial charge < -0.3 is 15.7 Å². The summed E-state index contributed by atoms with van der Waals surface area (Å²) in [5, 5.41) is 14.2. The molecule has 1 aliphatic heterocycles. The van der Waals surface area contributed by atoms with Crippen molar-refractivity contribution in [2.75, 3.05) is 0 Å². The molecule has 21 heavy (non-hydrogen) atoms. The normalized spacial score (nSPS) is 18.9. The van der Waals surface area contributed by atoms with Crippen LogP contribution in [0.3, 0.4) is 0 Å². The van der Waals surface area contributed by atoms with E-state index in [-0.39, 0.29) is 12.3 Å². The molecule has 1 fully saturated rings. The van der Waals surface area contributed by atoms with Gasteiger partial charge in [0.1, 0.15) is 12.1 Å². The van der Waals surface area contributed by atoms with Gasteiger partial charge in [0.05, 0.1) is 0 Å². The van der Waals surface area contributed by atoms with Crippen molar-refractivity contribution in [3.63, 3.8) is 0 Å². The Kier molecular flexibility index (Phi) is 5.16. The number of carbonyl (C=O) groups is 3. The van der Waals surface area contributed by atoms with E-state index < -0.39 is 24.0 Å². The van der Waals surface area contributed by atoms with E-state index in [0.717, 1.165) is 9.13 Å². The third-order valence-corrected chi connectivity index (χ3v) is 4.00. The van der Waals surface area contributed by atoms with Crippen LogP contribution < -0.4 is 10.6 Å². The number of amides is 2. The zero-order valence-electron chi connectivity index (χ0n) is 11.1. The van der Waals surface area contributed by atoms with E-state index in [1.165, 1.54) is 0 Å². The third-order valence-electron chi connectivity index (χ3n) is 3.28. The second-order valence-electron chi connectivity index (χ2n) is 4.89. The monoisotopic (exact) mass is 402 g/mol. The van der Waals surface area contributed by atoms with Crippen molar-refractivity contribution in [3.05, 3.63) is 33.4 Å². The number of halogens is 1. The Hall–Kier alpha value is -1.64. The molecule has 0 unspecified atom stereocenters. The van der Waals surface area contributed by atoms with Gasteiger partial charge in [-0.3, -0.25) is 9.59 Å². The molecule has 112 valence electrons. The highest BCUT2D eigenvalue weighted by atomic mass is 127. The molecule has 1 saturated heterocycles. The van der Waals surface area contributed by atoms with Crippen LogP contribution in [0.15, 0.2) is 24.3 Å². The lowest BCUT2D eigenvalue weighted by Gasteiger charge is -2.17. The van der Waals surface area contributed by atoms with Gasteiger partial charge in [0, 0.05) is 16.4 Å². The van der Waals surface area contributed by atoms with Gasteiger partial charge in [0.2, 0.25) is 11.8 Å². The Morgan fingerprint density at radius 3 is 2.57 bits per heavy atom. The largest absolute Gasteiger partial charge is 0.480 e. The number of nitrogens with one attached hydrogen (secondary N) is 2. The smallest absolute Gasteiger partial charge is 0.326 e. The van der Waals surface area contributed by atoms with Crippen LogP contribution >= 0.6 is 22.6 Å². The van der Waals surface area contributed by atoms with Gasteiger partial charge in [0.15, 0.2) is 0 Å². The molecule has 3 N–H and O–H groups in total. The predicted octanol–water partition coefficient (Wildman–Crippen LogP) is 0.682. The van der Waals surface area contributed by atoms with Crippen molar-refractivity contribution in [2.45, 2.75) is 31.3 Å². The molecule has 7 heteroatoms. The summed E-state index contributed by atoms with van der Waals surface area (Å²) in [6, 6.07) is 5.80. The lowest BCUT2D eigenvalue weighted by Crippen LogP contribution is -2.49. The molecule has 2 atom stereocenters. The Morgan fingerprint density at radius 1 is 1.38 bits per heavy atom. The van der Waals surface area contributed by atoms with Crippen LogP contribution in [0.25, 0.3) is 0 Å². The molecule has 0 saturated carbocycles. The fourth-order valence-electron chi connectivity index (χ4n) is 2.14. The predicted molar refractivity (Wildman–Crippen MR) is 83.6 cm³/mol. The number of carbonyl (C=O) groups excluding carboxylic acids is 2. The van der Waals surface area contributed by atoms with Crippen molar-refractivity contribution in [1.82, 2.24) is 10.6 Å². The van der Waals surface area contributed by atoms with Crippen molar-refractivity contribution in [3.8, 4) is 0 Å². The Labute approximate surface area is 135 Å². The van der Waals surface area contributed by atoms with E-state index in [1.807, 2.05) is 24.3 Å². The maximum absolute atomic E-state index is 12.0. The quantitative estimate of drug-likeness (QED) is 0.632. The second-order valence-corrected chi connectivity index (χ2v) is 6.13. The fourth-order valence-corrected chi connectivity index (χ4v) is 2.50. The number of carboxylic acid groups (broad SMARTS) is 1. The van der Waals surface area contributed by atoms with E-state index in [9.17, 15) is 19.5 Å². The highest BCUT2D eigenvalue weighted by Gasteiger charge is 2.30. The topological polar surface area (TPSA) is 95.5 Å². The highest BCUT2D eigenvalue weighted by molar-refractivity contribution is 14.1. The van der Waals surface area contributed by atoms with Crippen LogP contribution in [-0.4, -0.2) is 35.0 Å². The lowest BCUT2D eigenvalue weighted by molar-refractivity contribution is -0.142. The SMILES string of the molecule is O=C1CC[C@H](C(=O)N[C@@H](Cc2ccc(I)cc2)C(=O)O)N1. The molecule has 0 spiro atoms. The molecular formula is C14H15IN2O4. The molecule has 2 rings (SSSR count). The van der Waals surface area contributed by atoms with Crippen molar-refractivity contribution in [2.24, 2.45) is 0 Å². The zero-order chi connectivity index (χ0) is 15.4. The summed E-state index contributed by atoms with van der Waals surface area (Å²) in [5.41, 5.74) is 0.832. The fraction of sp³-hybridized carbons (Fsp3) is 0.357. The first kappa shape index (κ1) is 15.7. The first-order chi connectivity index (χ1) is 9.95. The van der Waals surface area contributed by atoms with Gasteiger partial charge in [-0.25, -0.2) is 4.79 Å². The van der Waals surface area contributed by atoms with E-state index in [1.54, 1.807) is 0 Å². The summed E-state index contributed by atoms with van der Waals surface area (Å²) in [6.45, 7) is 0. The van der Waals surface area contributed by atoms with E-state index in [0.29, 0.717) is 12.8 Å². The first-order valence-corrected chi connectivity index (χ1v) is 7.60. The summed E-state index contributed by atoms with van der Waals surface area (Å²) in [5.74, 6) is -1.72. The number of hydrogen-bond acceptors (Lipinski definition) is 3. The summed E-state index contributed by atoms with van der Waals surface area (Å²) in [4.78, 5) is 34.3. The molecule has 1 aromatic rings. The molecule has 0 radical (unpaired) electrons. The Bertz CT molecular complexity index is 559. The van der Waals surface area contributed by atoms with Crippen LogP contribution in [0.5, 0.6) is 0 Å².